The van der Waals surface area contributed by atoms with E-state index < -0.39 is 0 Å². The standard InChI is InChI=1S/C17H17N3/c1-2-7-13-12(5-1)6-3-8-14(13)16-11-19-17(20-16)15-9-4-10-18-15/h1-3,5-8,11,15,18H,4,9-10H2,(H,19,20). The predicted octanol–water partition coefficient (Wildman–Crippen LogP) is 3.65. The van der Waals surface area contributed by atoms with Crippen LogP contribution in [0.2, 0.25) is 0 Å². The number of hydrogen-bond donors (Lipinski definition) is 2. The Labute approximate surface area is 118 Å². The van der Waals surface area contributed by atoms with Crippen LogP contribution in [0.3, 0.4) is 0 Å². The summed E-state index contributed by atoms with van der Waals surface area (Å²) in [6.45, 7) is 1.09. The van der Waals surface area contributed by atoms with Gasteiger partial charge in [0.1, 0.15) is 5.82 Å². The van der Waals surface area contributed by atoms with Crippen molar-refractivity contribution >= 4 is 10.8 Å². The van der Waals surface area contributed by atoms with Crippen LogP contribution in [0.4, 0.5) is 0 Å². The molecule has 1 unspecified atom stereocenters. The van der Waals surface area contributed by atoms with Crippen LogP contribution in [0.5, 0.6) is 0 Å². The van der Waals surface area contributed by atoms with Crippen molar-refractivity contribution in [3.63, 3.8) is 0 Å². The molecule has 2 aromatic carbocycles. The van der Waals surface area contributed by atoms with E-state index >= 15 is 0 Å². The fourth-order valence-electron chi connectivity index (χ4n) is 3.03. The Morgan fingerprint density at radius 1 is 1.05 bits per heavy atom. The molecular formula is C17H17N3. The van der Waals surface area contributed by atoms with Crippen molar-refractivity contribution in [3.8, 4) is 11.3 Å². The molecule has 0 aliphatic carbocycles. The fourth-order valence-corrected chi connectivity index (χ4v) is 3.03. The van der Waals surface area contributed by atoms with Crippen molar-refractivity contribution in [2.45, 2.75) is 18.9 Å². The van der Waals surface area contributed by atoms with Gasteiger partial charge in [-0.25, -0.2) is 4.98 Å². The molecule has 20 heavy (non-hydrogen) atoms. The van der Waals surface area contributed by atoms with Gasteiger partial charge in [-0.3, -0.25) is 0 Å². The van der Waals surface area contributed by atoms with Gasteiger partial charge in [0, 0.05) is 5.56 Å². The van der Waals surface area contributed by atoms with E-state index in [1.165, 1.54) is 29.2 Å². The molecule has 2 N–H and O–H groups in total. The van der Waals surface area contributed by atoms with Crippen molar-refractivity contribution in [1.29, 1.82) is 0 Å². The zero-order valence-electron chi connectivity index (χ0n) is 11.3. The number of H-pyrrole nitrogens is 1. The van der Waals surface area contributed by atoms with Gasteiger partial charge in [0.05, 0.1) is 17.9 Å². The highest BCUT2D eigenvalue weighted by atomic mass is 15.0. The Morgan fingerprint density at radius 3 is 2.85 bits per heavy atom. The molecule has 2 heterocycles. The van der Waals surface area contributed by atoms with E-state index in [9.17, 15) is 0 Å². The molecule has 3 heteroatoms. The molecule has 4 rings (SSSR count). The maximum Gasteiger partial charge on any atom is 0.123 e. The van der Waals surface area contributed by atoms with Gasteiger partial charge in [-0.1, -0.05) is 42.5 Å². The third-order valence-electron chi connectivity index (χ3n) is 4.07. The summed E-state index contributed by atoms with van der Waals surface area (Å²) in [6, 6.07) is 15.3. The summed E-state index contributed by atoms with van der Waals surface area (Å²) in [5.41, 5.74) is 2.32. The number of imidazole rings is 1. The van der Waals surface area contributed by atoms with Crippen LogP contribution in [0.15, 0.2) is 48.7 Å². The molecule has 0 saturated carbocycles. The van der Waals surface area contributed by atoms with Gasteiger partial charge in [0.2, 0.25) is 0 Å². The molecule has 0 radical (unpaired) electrons. The Bertz CT molecular complexity index is 733. The van der Waals surface area contributed by atoms with Crippen molar-refractivity contribution < 1.29 is 0 Å². The first-order chi connectivity index (χ1) is 9.92. The number of fused-ring (bicyclic) bond motifs is 1. The molecule has 3 aromatic rings. The lowest BCUT2D eigenvalue weighted by Crippen LogP contribution is -2.14. The van der Waals surface area contributed by atoms with E-state index in [0.717, 1.165) is 18.1 Å². The quantitative estimate of drug-likeness (QED) is 0.741. The van der Waals surface area contributed by atoms with Crippen LogP contribution in [-0.2, 0) is 0 Å². The number of nitrogens with zero attached hydrogens (tertiary/aromatic N) is 1. The number of rotatable bonds is 2. The van der Waals surface area contributed by atoms with E-state index in [1.807, 2.05) is 6.20 Å². The Kier molecular flexibility index (Phi) is 2.78. The molecule has 1 saturated heterocycles. The summed E-state index contributed by atoms with van der Waals surface area (Å²) in [5, 5.41) is 6.01. The Balaban J connectivity index is 1.79. The lowest BCUT2D eigenvalue weighted by Gasteiger charge is -2.06. The van der Waals surface area contributed by atoms with E-state index in [-0.39, 0.29) is 0 Å². The third kappa shape index (κ3) is 1.91. The summed E-state index contributed by atoms with van der Waals surface area (Å²) in [7, 11) is 0. The average Bonchev–Trinajstić information content (AvgIpc) is 3.17. The first kappa shape index (κ1) is 11.7. The monoisotopic (exact) mass is 263 g/mol. The molecule has 0 amide bonds. The maximum absolute atomic E-state index is 4.56. The molecule has 1 fully saturated rings. The largest absolute Gasteiger partial charge is 0.341 e. The van der Waals surface area contributed by atoms with Crippen LogP contribution < -0.4 is 5.32 Å². The Hall–Kier alpha value is -2.13. The number of aromatic amines is 1. The molecule has 3 nitrogen and oxygen atoms in total. The molecule has 1 aliphatic heterocycles. The number of aromatic nitrogens is 2. The molecule has 0 spiro atoms. The second-order valence-electron chi connectivity index (χ2n) is 5.36. The van der Waals surface area contributed by atoms with Gasteiger partial charge in [-0.05, 0) is 30.2 Å². The van der Waals surface area contributed by atoms with E-state index in [1.54, 1.807) is 0 Å². The smallest absolute Gasteiger partial charge is 0.123 e. The van der Waals surface area contributed by atoms with Crippen LogP contribution in [0.25, 0.3) is 22.0 Å². The first-order valence-corrected chi connectivity index (χ1v) is 7.18. The average molecular weight is 263 g/mol. The second-order valence-corrected chi connectivity index (χ2v) is 5.36. The highest BCUT2D eigenvalue weighted by molar-refractivity contribution is 5.95. The highest BCUT2D eigenvalue weighted by Gasteiger charge is 2.19. The topological polar surface area (TPSA) is 40.7 Å². The molecule has 100 valence electrons. The van der Waals surface area contributed by atoms with Gasteiger partial charge in [0.25, 0.3) is 0 Å². The van der Waals surface area contributed by atoms with Crippen LogP contribution in [0.1, 0.15) is 24.7 Å². The predicted molar refractivity (Wildman–Crippen MR) is 81.5 cm³/mol. The number of benzene rings is 2. The van der Waals surface area contributed by atoms with Crippen molar-refractivity contribution in [2.24, 2.45) is 0 Å². The fraction of sp³-hybridized carbons (Fsp3) is 0.235. The maximum atomic E-state index is 4.56. The van der Waals surface area contributed by atoms with Gasteiger partial charge in [0.15, 0.2) is 0 Å². The minimum Gasteiger partial charge on any atom is -0.341 e. The summed E-state index contributed by atoms with van der Waals surface area (Å²) in [4.78, 5) is 8.05. The highest BCUT2D eigenvalue weighted by Crippen LogP contribution is 2.29. The summed E-state index contributed by atoms with van der Waals surface area (Å²) in [6.07, 6.45) is 4.36. The molecule has 1 atom stereocenters. The van der Waals surface area contributed by atoms with Crippen LogP contribution >= 0.6 is 0 Å². The summed E-state index contributed by atoms with van der Waals surface area (Å²) in [5.74, 6) is 1.06. The van der Waals surface area contributed by atoms with Crippen LogP contribution in [-0.4, -0.2) is 16.5 Å². The van der Waals surface area contributed by atoms with E-state index in [2.05, 4.69) is 57.7 Å². The molecule has 1 aromatic heterocycles. The van der Waals surface area contributed by atoms with E-state index in [4.69, 9.17) is 0 Å². The zero-order valence-corrected chi connectivity index (χ0v) is 11.3. The van der Waals surface area contributed by atoms with Gasteiger partial charge in [-0.15, -0.1) is 0 Å². The SMILES string of the molecule is c1ccc2c(-c3cnc(C4CCCN4)[nH]3)cccc2c1. The van der Waals surface area contributed by atoms with Crippen molar-refractivity contribution in [2.75, 3.05) is 6.54 Å². The van der Waals surface area contributed by atoms with Crippen molar-refractivity contribution in [3.05, 3.63) is 54.5 Å². The Morgan fingerprint density at radius 2 is 1.95 bits per heavy atom. The molecule has 1 aliphatic rings. The van der Waals surface area contributed by atoms with Crippen LogP contribution in [0, 0.1) is 0 Å². The lowest BCUT2D eigenvalue weighted by molar-refractivity contribution is 0.613. The van der Waals surface area contributed by atoms with Gasteiger partial charge < -0.3 is 10.3 Å². The summed E-state index contributed by atoms with van der Waals surface area (Å²) >= 11 is 0. The molecule has 0 bridgehead atoms. The first-order valence-electron chi connectivity index (χ1n) is 7.18. The molecular weight excluding hydrogens is 246 g/mol. The minimum absolute atomic E-state index is 0.388. The lowest BCUT2D eigenvalue weighted by atomic mass is 10.0. The normalized spacial score (nSPS) is 18.7. The number of hydrogen-bond acceptors (Lipinski definition) is 2. The minimum atomic E-state index is 0.388. The zero-order chi connectivity index (χ0) is 13.4. The van der Waals surface area contributed by atoms with E-state index in [0.29, 0.717) is 6.04 Å². The van der Waals surface area contributed by atoms with Crippen molar-refractivity contribution in [1.82, 2.24) is 15.3 Å². The summed E-state index contributed by atoms with van der Waals surface area (Å²) < 4.78 is 0. The second kappa shape index (κ2) is 4.76. The number of nitrogens with one attached hydrogen (secondary N) is 2. The van der Waals surface area contributed by atoms with Gasteiger partial charge in [-0.2, -0.15) is 0 Å². The third-order valence-corrected chi connectivity index (χ3v) is 4.07. The van der Waals surface area contributed by atoms with Gasteiger partial charge >= 0.3 is 0 Å².